The third kappa shape index (κ3) is 3.17. The summed E-state index contributed by atoms with van der Waals surface area (Å²) in [5.41, 5.74) is 3.21. The van der Waals surface area contributed by atoms with E-state index in [1.54, 1.807) is 26.4 Å². The van der Waals surface area contributed by atoms with Gasteiger partial charge in [-0.1, -0.05) is 42.5 Å². The van der Waals surface area contributed by atoms with Gasteiger partial charge in [-0.25, -0.2) is 0 Å². The highest BCUT2D eigenvalue weighted by molar-refractivity contribution is 6.15. The lowest BCUT2D eigenvalue weighted by Gasteiger charge is -2.11. The van der Waals surface area contributed by atoms with Gasteiger partial charge in [0.15, 0.2) is 5.76 Å². The molecule has 0 radical (unpaired) electrons. The van der Waals surface area contributed by atoms with E-state index in [1.807, 2.05) is 60.7 Å². The van der Waals surface area contributed by atoms with Crippen LogP contribution in [-0.4, -0.2) is 20.0 Å². The van der Waals surface area contributed by atoms with Crippen LogP contribution in [0.1, 0.15) is 15.9 Å². The molecule has 0 saturated carbocycles. The first-order valence-corrected chi connectivity index (χ1v) is 8.55. The van der Waals surface area contributed by atoms with Crippen molar-refractivity contribution in [1.82, 2.24) is 0 Å². The maximum Gasteiger partial charge on any atom is 0.231 e. The summed E-state index contributed by atoms with van der Waals surface area (Å²) >= 11 is 0. The van der Waals surface area contributed by atoms with E-state index in [4.69, 9.17) is 14.2 Å². The molecule has 4 nitrogen and oxygen atoms in total. The van der Waals surface area contributed by atoms with Crippen LogP contribution in [0.15, 0.2) is 72.5 Å². The first kappa shape index (κ1) is 16.9. The van der Waals surface area contributed by atoms with Crippen molar-refractivity contribution in [3.05, 3.63) is 83.6 Å². The molecule has 0 N–H and O–H groups in total. The van der Waals surface area contributed by atoms with Gasteiger partial charge in [0.1, 0.15) is 17.2 Å². The maximum atomic E-state index is 12.8. The summed E-state index contributed by atoms with van der Waals surface area (Å²) in [6.45, 7) is 0. The van der Waals surface area contributed by atoms with Crippen molar-refractivity contribution in [2.75, 3.05) is 14.2 Å². The Balaban J connectivity index is 1.75. The smallest absolute Gasteiger partial charge is 0.231 e. The second-order valence-corrected chi connectivity index (χ2v) is 6.13. The molecule has 4 heteroatoms. The number of ketones is 1. The van der Waals surface area contributed by atoms with E-state index in [0.29, 0.717) is 22.8 Å². The van der Waals surface area contributed by atoms with Gasteiger partial charge in [0.05, 0.1) is 19.8 Å². The Morgan fingerprint density at radius 3 is 2.26 bits per heavy atom. The molecule has 0 unspecified atom stereocenters. The third-order valence-electron chi connectivity index (χ3n) is 4.49. The number of fused-ring (bicyclic) bond motifs is 1. The molecule has 0 aromatic heterocycles. The first-order valence-electron chi connectivity index (χ1n) is 8.55. The third-order valence-corrected chi connectivity index (χ3v) is 4.49. The number of carbonyl (C=O) groups is 1. The minimum Gasteiger partial charge on any atom is -0.497 e. The highest BCUT2D eigenvalue weighted by atomic mass is 16.5. The van der Waals surface area contributed by atoms with Gasteiger partial charge in [0.2, 0.25) is 5.78 Å². The van der Waals surface area contributed by atoms with Crippen molar-refractivity contribution < 1.29 is 19.0 Å². The van der Waals surface area contributed by atoms with Gasteiger partial charge in [-0.3, -0.25) is 4.79 Å². The number of benzene rings is 3. The standard InChI is InChI=1S/C23H18O4/c1-25-17-10-8-16(9-11-17)18-13-19-21(14-20(18)26-2)27-22(23(19)24)12-15-6-4-3-5-7-15/h3-14H,1-2H3. The topological polar surface area (TPSA) is 44.8 Å². The van der Waals surface area contributed by atoms with E-state index < -0.39 is 0 Å². The molecule has 3 aromatic carbocycles. The second-order valence-electron chi connectivity index (χ2n) is 6.13. The van der Waals surface area contributed by atoms with Gasteiger partial charge in [-0.05, 0) is 35.4 Å². The molecule has 0 atom stereocenters. The van der Waals surface area contributed by atoms with Crippen molar-refractivity contribution >= 4 is 11.9 Å². The molecule has 27 heavy (non-hydrogen) atoms. The summed E-state index contributed by atoms with van der Waals surface area (Å²) in [5, 5.41) is 0. The normalized spacial score (nSPS) is 14.0. The van der Waals surface area contributed by atoms with Crippen LogP contribution in [0, 0.1) is 0 Å². The van der Waals surface area contributed by atoms with Gasteiger partial charge >= 0.3 is 0 Å². The lowest BCUT2D eigenvalue weighted by atomic mass is 9.99. The van der Waals surface area contributed by atoms with E-state index in [-0.39, 0.29) is 5.78 Å². The molecule has 1 aliphatic heterocycles. The average molecular weight is 358 g/mol. The van der Waals surface area contributed by atoms with Crippen molar-refractivity contribution in [3.8, 4) is 28.4 Å². The number of hydrogen-bond acceptors (Lipinski definition) is 4. The SMILES string of the molecule is COc1ccc(-c2cc3c(cc2OC)OC(=Cc2ccccc2)C3=O)cc1. The molecule has 3 aromatic rings. The van der Waals surface area contributed by atoms with Gasteiger partial charge in [0, 0.05) is 11.6 Å². The molecule has 0 amide bonds. The Bertz CT molecular complexity index is 1020. The molecular formula is C23H18O4. The fourth-order valence-corrected chi connectivity index (χ4v) is 3.08. The van der Waals surface area contributed by atoms with Crippen LogP contribution >= 0.6 is 0 Å². The number of allylic oxidation sites excluding steroid dienone is 1. The fourth-order valence-electron chi connectivity index (χ4n) is 3.08. The van der Waals surface area contributed by atoms with Crippen molar-refractivity contribution in [3.63, 3.8) is 0 Å². The Hall–Kier alpha value is -3.53. The maximum absolute atomic E-state index is 12.8. The van der Waals surface area contributed by atoms with Crippen LogP contribution in [0.25, 0.3) is 17.2 Å². The van der Waals surface area contributed by atoms with Gasteiger partial charge < -0.3 is 14.2 Å². The number of hydrogen-bond donors (Lipinski definition) is 0. The zero-order valence-electron chi connectivity index (χ0n) is 15.1. The summed E-state index contributed by atoms with van der Waals surface area (Å²) in [7, 11) is 3.23. The van der Waals surface area contributed by atoms with Crippen LogP contribution in [0.5, 0.6) is 17.2 Å². The summed E-state index contributed by atoms with van der Waals surface area (Å²) in [4.78, 5) is 12.8. The largest absolute Gasteiger partial charge is 0.497 e. The van der Waals surface area contributed by atoms with E-state index in [0.717, 1.165) is 22.4 Å². The Morgan fingerprint density at radius 1 is 0.852 bits per heavy atom. The average Bonchev–Trinajstić information content (AvgIpc) is 3.02. The van der Waals surface area contributed by atoms with Crippen LogP contribution in [0.3, 0.4) is 0 Å². The molecule has 0 bridgehead atoms. The molecule has 134 valence electrons. The van der Waals surface area contributed by atoms with Crippen LogP contribution in [-0.2, 0) is 0 Å². The summed E-state index contributed by atoms with van der Waals surface area (Å²) in [6, 6.07) is 20.8. The van der Waals surface area contributed by atoms with Crippen molar-refractivity contribution in [1.29, 1.82) is 0 Å². The van der Waals surface area contributed by atoms with E-state index in [9.17, 15) is 4.79 Å². The van der Waals surface area contributed by atoms with Crippen LogP contribution < -0.4 is 14.2 Å². The molecular weight excluding hydrogens is 340 g/mol. The van der Waals surface area contributed by atoms with E-state index >= 15 is 0 Å². The summed E-state index contributed by atoms with van der Waals surface area (Å²) < 4.78 is 16.5. The molecule has 0 aliphatic carbocycles. The second kappa shape index (κ2) is 7.00. The first-order chi connectivity index (χ1) is 13.2. The highest BCUT2D eigenvalue weighted by Gasteiger charge is 2.29. The quantitative estimate of drug-likeness (QED) is 0.617. The van der Waals surface area contributed by atoms with Crippen LogP contribution in [0.4, 0.5) is 0 Å². The number of methoxy groups -OCH3 is 2. The minimum absolute atomic E-state index is 0.133. The molecule has 1 heterocycles. The number of carbonyl (C=O) groups excluding carboxylic acids is 1. The summed E-state index contributed by atoms with van der Waals surface area (Å²) in [5.74, 6) is 2.10. The monoisotopic (exact) mass is 358 g/mol. The van der Waals surface area contributed by atoms with Gasteiger partial charge in [-0.15, -0.1) is 0 Å². The highest BCUT2D eigenvalue weighted by Crippen LogP contribution is 2.41. The van der Waals surface area contributed by atoms with Crippen LogP contribution in [0.2, 0.25) is 0 Å². The molecule has 1 aliphatic rings. The lowest BCUT2D eigenvalue weighted by molar-refractivity contribution is 0.101. The summed E-state index contributed by atoms with van der Waals surface area (Å²) in [6.07, 6.45) is 1.75. The lowest BCUT2D eigenvalue weighted by Crippen LogP contribution is -1.98. The van der Waals surface area contributed by atoms with Crippen molar-refractivity contribution in [2.45, 2.75) is 0 Å². The number of Topliss-reactive ketones (excluding diaryl/α,β-unsaturated/α-hetero) is 1. The Labute approximate surface area is 157 Å². The predicted molar refractivity (Wildman–Crippen MR) is 104 cm³/mol. The predicted octanol–water partition coefficient (Wildman–Crippen LogP) is 4.99. The van der Waals surface area contributed by atoms with E-state index in [1.165, 1.54) is 0 Å². The zero-order valence-corrected chi connectivity index (χ0v) is 15.1. The molecule has 0 saturated heterocycles. The van der Waals surface area contributed by atoms with E-state index in [2.05, 4.69) is 0 Å². The Kier molecular flexibility index (Phi) is 4.38. The molecule has 4 rings (SSSR count). The minimum atomic E-state index is -0.133. The Morgan fingerprint density at radius 2 is 1.59 bits per heavy atom. The van der Waals surface area contributed by atoms with Crippen molar-refractivity contribution in [2.24, 2.45) is 0 Å². The number of rotatable bonds is 4. The van der Waals surface area contributed by atoms with Gasteiger partial charge in [0.25, 0.3) is 0 Å². The molecule has 0 fully saturated rings. The fraction of sp³-hybridized carbons (Fsp3) is 0.0870. The molecule has 0 spiro atoms. The zero-order chi connectivity index (χ0) is 18.8. The van der Waals surface area contributed by atoms with Gasteiger partial charge in [-0.2, -0.15) is 0 Å². The number of ether oxygens (including phenoxy) is 3.